The van der Waals surface area contributed by atoms with E-state index in [-0.39, 0.29) is 18.0 Å². The molecule has 0 heterocycles. The van der Waals surface area contributed by atoms with Gasteiger partial charge in [0, 0.05) is 18.1 Å². The Balaban J connectivity index is 1.69. The summed E-state index contributed by atoms with van der Waals surface area (Å²) in [6.07, 6.45) is 4.55. The quantitative estimate of drug-likeness (QED) is 0.837. The topological polar surface area (TPSA) is 50.4 Å². The van der Waals surface area contributed by atoms with Crippen LogP contribution in [0.3, 0.4) is 0 Å². The van der Waals surface area contributed by atoms with Crippen molar-refractivity contribution in [3.63, 3.8) is 0 Å². The van der Waals surface area contributed by atoms with Gasteiger partial charge < -0.3 is 15.4 Å². The number of carbonyl (C=O) groups is 1. The Morgan fingerprint density at radius 1 is 1.16 bits per heavy atom. The molecule has 1 amide bonds. The number of halogens is 1. The molecule has 1 aliphatic rings. The molecule has 1 saturated carbocycles. The van der Waals surface area contributed by atoms with E-state index in [1.54, 1.807) is 0 Å². The molecule has 0 saturated heterocycles. The molecule has 0 bridgehead atoms. The second kappa shape index (κ2) is 8.65. The van der Waals surface area contributed by atoms with Crippen molar-refractivity contribution < 1.29 is 13.9 Å². The standard InChI is InChI=1S/C20H31FN2O2/c1-14(13-15-5-7-16(21)8-6-15)22-17-9-11-18(12-10-17)23-19(24)25-20(2,3)4/h5-8,14,17-18,22H,9-13H2,1-4H3,(H,23,24). The highest BCUT2D eigenvalue weighted by molar-refractivity contribution is 5.68. The van der Waals surface area contributed by atoms with Crippen LogP contribution in [-0.2, 0) is 11.2 Å². The molecule has 0 aliphatic heterocycles. The first-order chi connectivity index (χ1) is 11.7. The summed E-state index contributed by atoms with van der Waals surface area (Å²) in [6, 6.07) is 7.70. The zero-order valence-corrected chi connectivity index (χ0v) is 15.8. The number of nitrogens with one attached hydrogen (secondary N) is 2. The lowest BCUT2D eigenvalue weighted by molar-refractivity contribution is 0.0489. The van der Waals surface area contributed by atoms with E-state index in [4.69, 9.17) is 4.74 Å². The fraction of sp³-hybridized carbons (Fsp3) is 0.650. The lowest BCUT2D eigenvalue weighted by atomic mass is 9.90. The van der Waals surface area contributed by atoms with Crippen LogP contribution >= 0.6 is 0 Å². The van der Waals surface area contributed by atoms with Crippen LogP contribution in [0.4, 0.5) is 9.18 Å². The van der Waals surface area contributed by atoms with Crippen molar-refractivity contribution in [2.24, 2.45) is 0 Å². The number of alkyl carbamates (subject to hydrolysis) is 1. The molecule has 25 heavy (non-hydrogen) atoms. The summed E-state index contributed by atoms with van der Waals surface area (Å²) >= 11 is 0. The minimum absolute atomic E-state index is 0.194. The van der Waals surface area contributed by atoms with Crippen LogP contribution in [-0.4, -0.2) is 29.8 Å². The van der Waals surface area contributed by atoms with Crippen LogP contribution in [0.2, 0.25) is 0 Å². The summed E-state index contributed by atoms with van der Waals surface area (Å²) in [5.41, 5.74) is 0.681. The molecule has 1 atom stereocenters. The van der Waals surface area contributed by atoms with Crippen molar-refractivity contribution in [3.8, 4) is 0 Å². The molecule has 1 aromatic rings. The fourth-order valence-electron chi connectivity index (χ4n) is 3.31. The second-order valence-electron chi connectivity index (χ2n) is 8.09. The van der Waals surface area contributed by atoms with E-state index in [0.717, 1.165) is 37.7 Å². The van der Waals surface area contributed by atoms with Crippen LogP contribution in [0.25, 0.3) is 0 Å². The average molecular weight is 350 g/mol. The lowest BCUT2D eigenvalue weighted by Gasteiger charge is -2.32. The summed E-state index contributed by atoms with van der Waals surface area (Å²) < 4.78 is 18.3. The molecule has 5 heteroatoms. The van der Waals surface area contributed by atoms with Gasteiger partial charge in [0.05, 0.1) is 0 Å². The van der Waals surface area contributed by atoms with Crippen LogP contribution in [0, 0.1) is 5.82 Å². The van der Waals surface area contributed by atoms with Crippen LogP contribution in [0.1, 0.15) is 58.9 Å². The highest BCUT2D eigenvalue weighted by Gasteiger charge is 2.25. The predicted molar refractivity (Wildman–Crippen MR) is 98.1 cm³/mol. The molecule has 0 aromatic heterocycles. The Kier molecular flexibility index (Phi) is 6.82. The number of hydrogen-bond acceptors (Lipinski definition) is 3. The summed E-state index contributed by atoms with van der Waals surface area (Å²) in [7, 11) is 0. The molecule has 1 unspecified atom stereocenters. The largest absolute Gasteiger partial charge is 0.444 e. The molecular weight excluding hydrogens is 319 g/mol. The number of benzene rings is 1. The highest BCUT2D eigenvalue weighted by atomic mass is 19.1. The zero-order valence-electron chi connectivity index (χ0n) is 15.8. The summed E-state index contributed by atoms with van der Waals surface area (Å²) in [6.45, 7) is 7.77. The molecule has 2 N–H and O–H groups in total. The van der Waals surface area contributed by atoms with Crippen LogP contribution in [0.15, 0.2) is 24.3 Å². The smallest absolute Gasteiger partial charge is 0.407 e. The van der Waals surface area contributed by atoms with Gasteiger partial charge in [-0.05, 0) is 77.5 Å². The molecule has 1 fully saturated rings. The van der Waals surface area contributed by atoms with E-state index in [9.17, 15) is 9.18 Å². The first kappa shape index (κ1) is 19.7. The van der Waals surface area contributed by atoms with Crippen molar-refractivity contribution in [1.82, 2.24) is 10.6 Å². The average Bonchev–Trinajstić information content (AvgIpc) is 2.49. The number of amides is 1. The third kappa shape index (κ3) is 7.43. The maximum absolute atomic E-state index is 13.0. The second-order valence-corrected chi connectivity index (χ2v) is 8.09. The Hall–Kier alpha value is -1.62. The molecule has 0 radical (unpaired) electrons. The first-order valence-corrected chi connectivity index (χ1v) is 9.21. The van der Waals surface area contributed by atoms with Gasteiger partial charge in [-0.3, -0.25) is 0 Å². The third-order valence-electron chi connectivity index (χ3n) is 4.42. The molecular formula is C20H31FN2O2. The zero-order chi connectivity index (χ0) is 18.4. The SMILES string of the molecule is CC(Cc1ccc(F)cc1)NC1CCC(NC(=O)OC(C)(C)C)CC1. The van der Waals surface area contributed by atoms with Crippen LogP contribution < -0.4 is 10.6 Å². The van der Waals surface area contributed by atoms with Gasteiger partial charge in [0.25, 0.3) is 0 Å². The van der Waals surface area contributed by atoms with E-state index in [1.807, 2.05) is 32.9 Å². The van der Waals surface area contributed by atoms with E-state index in [2.05, 4.69) is 17.6 Å². The Bertz CT molecular complexity index is 546. The Morgan fingerprint density at radius 3 is 2.28 bits per heavy atom. The van der Waals surface area contributed by atoms with E-state index in [0.29, 0.717) is 12.1 Å². The molecule has 1 aliphatic carbocycles. The van der Waals surface area contributed by atoms with Crippen LogP contribution in [0.5, 0.6) is 0 Å². The Labute approximate surface area is 150 Å². The normalized spacial score (nSPS) is 22.3. The number of ether oxygens (including phenoxy) is 1. The lowest BCUT2D eigenvalue weighted by Crippen LogP contribution is -2.46. The molecule has 2 rings (SSSR count). The molecule has 0 spiro atoms. The van der Waals surface area contributed by atoms with Crippen molar-refractivity contribution in [2.45, 2.75) is 83.5 Å². The van der Waals surface area contributed by atoms with Crippen molar-refractivity contribution in [3.05, 3.63) is 35.6 Å². The number of rotatable bonds is 5. The maximum Gasteiger partial charge on any atom is 0.407 e. The van der Waals surface area contributed by atoms with Crippen molar-refractivity contribution in [2.75, 3.05) is 0 Å². The van der Waals surface area contributed by atoms with Gasteiger partial charge in [-0.15, -0.1) is 0 Å². The van der Waals surface area contributed by atoms with Gasteiger partial charge in [0.15, 0.2) is 0 Å². The highest BCUT2D eigenvalue weighted by Crippen LogP contribution is 2.20. The molecule has 1 aromatic carbocycles. The van der Waals surface area contributed by atoms with Gasteiger partial charge in [-0.25, -0.2) is 9.18 Å². The number of hydrogen-bond donors (Lipinski definition) is 2. The van der Waals surface area contributed by atoms with Crippen molar-refractivity contribution in [1.29, 1.82) is 0 Å². The maximum atomic E-state index is 13.0. The minimum atomic E-state index is -0.460. The first-order valence-electron chi connectivity index (χ1n) is 9.21. The minimum Gasteiger partial charge on any atom is -0.444 e. The fourth-order valence-corrected chi connectivity index (χ4v) is 3.31. The predicted octanol–water partition coefficient (Wildman–Crippen LogP) is 4.18. The molecule has 140 valence electrons. The van der Waals surface area contributed by atoms with E-state index in [1.165, 1.54) is 12.1 Å². The van der Waals surface area contributed by atoms with Gasteiger partial charge >= 0.3 is 6.09 Å². The van der Waals surface area contributed by atoms with Gasteiger partial charge in [0.1, 0.15) is 11.4 Å². The summed E-state index contributed by atoms with van der Waals surface area (Å²) in [5, 5.41) is 6.63. The summed E-state index contributed by atoms with van der Waals surface area (Å²) in [5.74, 6) is -0.194. The summed E-state index contributed by atoms with van der Waals surface area (Å²) in [4.78, 5) is 11.8. The van der Waals surface area contributed by atoms with E-state index < -0.39 is 5.60 Å². The Morgan fingerprint density at radius 2 is 1.72 bits per heavy atom. The molecule has 4 nitrogen and oxygen atoms in total. The van der Waals surface area contributed by atoms with Gasteiger partial charge in [-0.2, -0.15) is 0 Å². The third-order valence-corrected chi connectivity index (χ3v) is 4.42. The van der Waals surface area contributed by atoms with Gasteiger partial charge in [-0.1, -0.05) is 12.1 Å². The van der Waals surface area contributed by atoms with Gasteiger partial charge in [0.2, 0.25) is 0 Å². The van der Waals surface area contributed by atoms with E-state index >= 15 is 0 Å². The number of carbonyl (C=O) groups excluding carboxylic acids is 1. The van der Waals surface area contributed by atoms with Crippen molar-refractivity contribution >= 4 is 6.09 Å². The monoisotopic (exact) mass is 350 g/mol.